The van der Waals surface area contributed by atoms with Crippen LogP contribution in [0, 0.1) is 5.82 Å². The van der Waals surface area contributed by atoms with Crippen molar-refractivity contribution in [2.24, 2.45) is 0 Å². The molecule has 2 amide bonds. The predicted octanol–water partition coefficient (Wildman–Crippen LogP) is 2.50. The SMILES string of the molecule is O=C(c1ccc2c(c1)OCO2)N1CCCN(C2CCN(Cc3ccc(F)cc3)C2=O)CC1. The first-order valence-electron chi connectivity index (χ1n) is 11.0. The third kappa shape index (κ3) is 4.14. The first kappa shape index (κ1) is 20.8. The monoisotopic (exact) mass is 439 g/mol. The van der Waals surface area contributed by atoms with Crippen LogP contribution in [0.2, 0.25) is 0 Å². The highest BCUT2D eigenvalue weighted by molar-refractivity contribution is 5.95. The Labute approximate surface area is 186 Å². The van der Waals surface area contributed by atoms with Crippen molar-refractivity contribution in [3.8, 4) is 11.5 Å². The van der Waals surface area contributed by atoms with Crippen molar-refractivity contribution >= 4 is 11.8 Å². The van der Waals surface area contributed by atoms with Crippen LogP contribution in [-0.2, 0) is 11.3 Å². The highest BCUT2D eigenvalue weighted by Crippen LogP contribution is 2.33. The van der Waals surface area contributed by atoms with Crippen molar-refractivity contribution in [3.05, 3.63) is 59.4 Å². The first-order valence-corrected chi connectivity index (χ1v) is 11.0. The first-order chi connectivity index (χ1) is 15.6. The van der Waals surface area contributed by atoms with Crippen LogP contribution in [0.4, 0.5) is 4.39 Å². The van der Waals surface area contributed by atoms with Gasteiger partial charge in [0.1, 0.15) is 5.82 Å². The van der Waals surface area contributed by atoms with Crippen LogP contribution in [0.5, 0.6) is 11.5 Å². The van der Waals surface area contributed by atoms with Gasteiger partial charge in [0.2, 0.25) is 12.7 Å². The second kappa shape index (κ2) is 8.78. The molecule has 5 rings (SSSR count). The lowest BCUT2D eigenvalue weighted by Gasteiger charge is -2.26. The minimum Gasteiger partial charge on any atom is -0.454 e. The molecule has 2 fully saturated rings. The lowest BCUT2D eigenvalue weighted by atomic mass is 10.1. The summed E-state index contributed by atoms with van der Waals surface area (Å²) in [4.78, 5) is 32.0. The van der Waals surface area contributed by atoms with Crippen LogP contribution < -0.4 is 9.47 Å². The number of carbonyl (C=O) groups is 2. The Hall–Kier alpha value is -3.13. The molecule has 32 heavy (non-hydrogen) atoms. The van der Waals surface area contributed by atoms with E-state index in [0.29, 0.717) is 49.8 Å². The molecular weight excluding hydrogens is 413 g/mol. The molecule has 0 radical (unpaired) electrons. The molecule has 0 aliphatic carbocycles. The summed E-state index contributed by atoms with van der Waals surface area (Å²) >= 11 is 0. The minimum atomic E-state index is -0.274. The van der Waals surface area contributed by atoms with Gasteiger partial charge in [0, 0.05) is 44.8 Å². The third-order valence-corrected chi connectivity index (χ3v) is 6.43. The number of carbonyl (C=O) groups excluding carboxylic acids is 2. The standard InChI is InChI=1S/C24H26FN3O4/c25-19-5-2-17(3-6-19)15-28-11-8-20(24(28)30)26-9-1-10-27(13-12-26)23(29)18-4-7-21-22(14-18)32-16-31-21/h2-7,14,20H,1,8-13,15-16H2. The Kier molecular flexibility index (Phi) is 5.70. The zero-order valence-electron chi connectivity index (χ0n) is 17.8. The molecule has 7 nitrogen and oxygen atoms in total. The lowest BCUT2D eigenvalue weighted by molar-refractivity contribution is -0.132. The molecule has 3 aliphatic rings. The number of benzene rings is 2. The van der Waals surface area contributed by atoms with Crippen molar-refractivity contribution in [1.29, 1.82) is 0 Å². The summed E-state index contributed by atoms with van der Waals surface area (Å²) in [6.45, 7) is 4.05. The van der Waals surface area contributed by atoms with E-state index in [0.717, 1.165) is 24.9 Å². The normalized spacial score (nSPS) is 21.2. The van der Waals surface area contributed by atoms with E-state index >= 15 is 0 Å². The maximum Gasteiger partial charge on any atom is 0.254 e. The highest BCUT2D eigenvalue weighted by Gasteiger charge is 2.36. The molecule has 3 heterocycles. The van der Waals surface area contributed by atoms with Crippen LogP contribution in [0.1, 0.15) is 28.8 Å². The van der Waals surface area contributed by atoms with Gasteiger partial charge in [-0.15, -0.1) is 0 Å². The Morgan fingerprint density at radius 2 is 1.78 bits per heavy atom. The molecule has 0 N–H and O–H groups in total. The number of fused-ring (bicyclic) bond motifs is 1. The molecule has 0 bridgehead atoms. The molecule has 2 saturated heterocycles. The van der Waals surface area contributed by atoms with Gasteiger partial charge in [0.25, 0.3) is 5.91 Å². The summed E-state index contributed by atoms with van der Waals surface area (Å²) in [5, 5.41) is 0. The van der Waals surface area contributed by atoms with Gasteiger partial charge in [-0.2, -0.15) is 0 Å². The summed E-state index contributed by atoms with van der Waals surface area (Å²) < 4.78 is 23.9. The lowest BCUT2D eigenvalue weighted by Crippen LogP contribution is -2.44. The Bertz CT molecular complexity index is 1010. The summed E-state index contributed by atoms with van der Waals surface area (Å²) in [5.41, 5.74) is 1.52. The number of likely N-dealkylation sites (tertiary alicyclic amines) is 1. The molecule has 8 heteroatoms. The van der Waals surface area contributed by atoms with Crippen LogP contribution in [0.15, 0.2) is 42.5 Å². The maximum atomic E-state index is 13.1. The molecule has 0 spiro atoms. The second-order valence-electron chi connectivity index (χ2n) is 8.44. The second-order valence-corrected chi connectivity index (χ2v) is 8.44. The molecule has 1 unspecified atom stereocenters. The van der Waals surface area contributed by atoms with E-state index in [-0.39, 0.29) is 30.5 Å². The van der Waals surface area contributed by atoms with E-state index < -0.39 is 0 Å². The average Bonchev–Trinajstić information content (AvgIpc) is 3.33. The Morgan fingerprint density at radius 1 is 0.969 bits per heavy atom. The van der Waals surface area contributed by atoms with E-state index in [1.54, 1.807) is 30.3 Å². The number of halogens is 1. The van der Waals surface area contributed by atoms with Gasteiger partial charge in [-0.3, -0.25) is 14.5 Å². The maximum absolute atomic E-state index is 13.1. The summed E-state index contributed by atoms with van der Waals surface area (Å²) in [6, 6.07) is 11.4. The van der Waals surface area contributed by atoms with Crippen molar-refractivity contribution in [2.75, 3.05) is 39.5 Å². The van der Waals surface area contributed by atoms with Gasteiger partial charge in [0.05, 0.1) is 6.04 Å². The number of ether oxygens (including phenoxy) is 2. The quantitative estimate of drug-likeness (QED) is 0.733. The fraction of sp³-hybridized carbons (Fsp3) is 0.417. The Morgan fingerprint density at radius 3 is 2.62 bits per heavy atom. The molecule has 2 aromatic rings. The van der Waals surface area contributed by atoms with E-state index in [4.69, 9.17) is 9.47 Å². The number of hydrogen-bond acceptors (Lipinski definition) is 5. The van der Waals surface area contributed by atoms with Crippen molar-refractivity contribution in [2.45, 2.75) is 25.4 Å². The molecule has 168 valence electrons. The van der Waals surface area contributed by atoms with Crippen LogP contribution in [0.25, 0.3) is 0 Å². The number of hydrogen-bond donors (Lipinski definition) is 0. The number of rotatable bonds is 4. The minimum absolute atomic E-state index is 0.0270. The Balaban J connectivity index is 1.19. The topological polar surface area (TPSA) is 62.3 Å². The zero-order chi connectivity index (χ0) is 22.1. The molecule has 0 saturated carbocycles. The smallest absolute Gasteiger partial charge is 0.254 e. The number of amides is 2. The average molecular weight is 439 g/mol. The summed E-state index contributed by atoms with van der Waals surface area (Å²) in [6.07, 6.45) is 1.59. The van der Waals surface area contributed by atoms with E-state index in [2.05, 4.69) is 4.90 Å². The molecule has 1 atom stereocenters. The third-order valence-electron chi connectivity index (χ3n) is 6.43. The van der Waals surface area contributed by atoms with Gasteiger partial charge in [-0.25, -0.2) is 4.39 Å². The predicted molar refractivity (Wildman–Crippen MR) is 115 cm³/mol. The van der Waals surface area contributed by atoms with E-state index in [1.807, 2.05) is 9.80 Å². The zero-order valence-corrected chi connectivity index (χ0v) is 17.8. The molecule has 3 aliphatic heterocycles. The largest absolute Gasteiger partial charge is 0.454 e. The van der Waals surface area contributed by atoms with Crippen LogP contribution in [0.3, 0.4) is 0 Å². The van der Waals surface area contributed by atoms with Crippen LogP contribution >= 0.6 is 0 Å². The highest BCUT2D eigenvalue weighted by atomic mass is 19.1. The molecular formula is C24H26FN3O4. The van der Waals surface area contributed by atoms with Gasteiger partial charge in [0.15, 0.2) is 11.5 Å². The van der Waals surface area contributed by atoms with Gasteiger partial charge in [-0.1, -0.05) is 12.1 Å². The van der Waals surface area contributed by atoms with E-state index in [1.165, 1.54) is 12.1 Å². The fourth-order valence-electron chi connectivity index (χ4n) is 4.69. The van der Waals surface area contributed by atoms with E-state index in [9.17, 15) is 14.0 Å². The van der Waals surface area contributed by atoms with Crippen molar-refractivity contribution in [3.63, 3.8) is 0 Å². The summed E-state index contributed by atoms with van der Waals surface area (Å²) in [5.74, 6) is 1.08. The van der Waals surface area contributed by atoms with Gasteiger partial charge >= 0.3 is 0 Å². The summed E-state index contributed by atoms with van der Waals surface area (Å²) in [7, 11) is 0. The van der Waals surface area contributed by atoms with Gasteiger partial charge in [-0.05, 0) is 48.7 Å². The van der Waals surface area contributed by atoms with Crippen LogP contribution in [-0.4, -0.2) is 72.1 Å². The fourth-order valence-corrected chi connectivity index (χ4v) is 4.69. The van der Waals surface area contributed by atoms with Crippen molar-refractivity contribution < 1.29 is 23.5 Å². The molecule has 0 aromatic heterocycles. The number of nitrogens with zero attached hydrogens (tertiary/aromatic N) is 3. The van der Waals surface area contributed by atoms with Gasteiger partial charge < -0.3 is 19.3 Å². The molecule has 2 aromatic carbocycles. The van der Waals surface area contributed by atoms with Crippen molar-refractivity contribution in [1.82, 2.24) is 14.7 Å².